The second-order valence-electron chi connectivity index (χ2n) is 12.6. The van der Waals surface area contributed by atoms with Crippen LogP contribution in [0, 0.1) is 29.5 Å². The van der Waals surface area contributed by atoms with Crippen LogP contribution in [0.4, 0.5) is 13.2 Å². The molecule has 0 bridgehead atoms. The van der Waals surface area contributed by atoms with E-state index in [-0.39, 0.29) is 17.8 Å². The van der Waals surface area contributed by atoms with E-state index in [4.69, 9.17) is 9.47 Å². The fourth-order valence-corrected chi connectivity index (χ4v) is 7.57. The number of benzene rings is 1. The number of ether oxygens (including phenoxy) is 2. The molecule has 4 rings (SSSR count). The summed E-state index contributed by atoms with van der Waals surface area (Å²) in [6.45, 7) is 5.27. The lowest BCUT2D eigenvalue weighted by Crippen LogP contribution is -2.27. The van der Waals surface area contributed by atoms with Gasteiger partial charge in [0.2, 0.25) is 0 Å². The van der Waals surface area contributed by atoms with E-state index in [0.717, 1.165) is 56.3 Å². The third kappa shape index (κ3) is 7.92. The lowest BCUT2D eigenvalue weighted by atomic mass is 9.69. The van der Waals surface area contributed by atoms with Crippen molar-refractivity contribution in [3.8, 4) is 5.75 Å². The first-order valence-electron chi connectivity index (χ1n) is 15.8. The number of rotatable bonds is 12. The minimum absolute atomic E-state index is 0.0189. The molecule has 0 aromatic heterocycles. The van der Waals surface area contributed by atoms with Crippen LogP contribution in [0.5, 0.6) is 5.75 Å². The van der Waals surface area contributed by atoms with Gasteiger partial charge in [-0.2, -0.15) is 0 Å². The van der Waals surface area contributed by atoms with Crippen LogP contribution < -0.4 is 4.74 Å². The molecule has 3 fully saturated rings. The number of unbranched alkanes of at least 4 members (excludes halogenated alkanes) is 2. The van der Waals surface area contributed by atoms with Gasteiger partial charge in [0.1, 0.15) is 0 Å². The van der Waals surface area contributed by atoms with Crippen LogP contribution in [0.2, 0.25) is 0 Å². The molecule has 1 saturated heterocycles. The Morgan fingerprint density at radius 2 is 1.50 bits per heavy atom. The van der Waals surface area contributed by atoms with Gasteiger partial charge in [0.05, 0.1) is 24.9 Å². The summed E-state index contributed by atoms with van der Waals surface area (Å²) >= 11 is 0. The van der Waals surface area contributed by atoms with Crippen molar-refractivity contribution in [2.24, 2.45) is 23.7 Å². The smallest absolute Gasteiger partial charge is 0.267 e. The summed E-state index contributed by atoms with van der Waals surface area (Å²) in [5, 5.41) is 0. The highest BCUT2D eigenvalue weighted by atomic mass is 19.3. The molecule has 5 heteroatoms. The van der Waals surface area contributed by atoms with Gasteiger partial charge in [0.25, 0.3) is 6.43 Å². The van der Waals surface area contributed by atoms with Gasteiger partial charge < -0.3 is 9.47 Å². The van der Waals surface area contributed by atoms with Gasteiger partial charge >= 0.3 is 0 Å². The summed E-state index contributed by atoms with van der Waals surface area (Å²) in [5.74, 6) is 1.94. The van der Waals surface area contributed by atoms with Crippen molar-refractivity contribution in [1.82, 2.24) is 0 Å². The Hall–Kier alpha value is -1.23. The normalized spacial score (nSPS) is 30.5. The molecule has 0 N–H and O–H groups in total. The Morgan fingerprint density at radius 3 is 2.08 bits per heavy atom. The molecular weight excluding hydrogens is 485 g/mol. The van der Waals surface area contributed by atoms with E-state index in [1.54, 1.807) is 12.1 Å². The van der Waals surface area contributed by atoms with Gasteiger partial charge in [-0.25, -0.2) is 13.2 Å². The number of halogens is 3. The van der Waals surface area contributed by atoms with Crippen LogP contribution in [0.15, 0.2) is 12.1 Å². The van der Waals surface area contributed by atoms with E-state index in [1.807, 2.05) is 0 Å². The van der Waals surface area contributed by atoms with Gasteiger partial charge in [-0.3, -0.25) is 0 Å². The molecule has 2 atom stereocenters. The number of alkyl halides is 2. The molecule has 1 heterocycles. The summed E-state index contributed by atoms with van der Waals surface area (Å²) in [7, 11) is 0. The van der Waals surface area contributed by atoms with Gasteiger partial charge in [0, 0.05) is 5.92 Å². The molecule has 2 aliphatic carbocycles. The predicted molar refractivity (Wildman–Crippen MR) is 149 cm³/mol. The van der Waals surface area contributed by atoms with Crippen LogP contribution in [0.3, 0.4) is 0 Å². The minimum Gasteiger partial charge on any atom is -0.490 e. The highest BCUT2D eigenvalue weighted by Gasteiger charge is 2.32. The zero-order chi connectivity index (χ0) is 26.9. The Bertz CT molecular complexity index is 820. The van der Waals surface area contributed by atoms with Crippen LogP contribution >= 0.6 is 0 Å². The molecule has 2 nitrogen and oxygen atoms in total. The van der Waals surface area contributed by atoms with Crippen molar-refractivity contribution >= 4 is 0 Å². The van der Waals surface area contributed by atoms with Gasteiger partial charge in [-0.1, -0.05) is 64.9 Å². The monoisotopic (exact) mass is 536 g/mol. The van der Waals surface area contributed by atoms with Crippen molar-refractivity contribution < 1.29 is 22.6 Å². The zero-order valence-electron chi connectivity index (χ0n) is 23.9. The zero-order valence-corrected chi connectivity index (χ0v) is 23.9. The number of hydrogen-bond acceptors (Lipinski definition) is 2. The van der Waals surface area contributed by atoms with Crippen LogP contribution in [0.1, 0.15) is 140 Å². The molecular formula is C33H51F3O2. The van der Waals surface area contributed by atoms with E-state index in [0.29, 0.717) is 24.7 Å². The van der Waals surface area contributed by atoms with Crippen LogP contribution in [-0.2, 0) is 4.74 Å². The Balaban J connectivity index is 1.26. The minimum atomic E-state index is -2.86. The van der Waals surface area contributed by atoms with Gasteiger partial charge in [-0.15, -0.1) is 0 Å². The first-order valence-corrected chi connectivity index (χ1v) is 15.8. The fraction of sp³-hybridized carbons (Fsp3) is 0.818. The molecule has 1 aliphatic heterocycles. The lowest BCUT2D eigenvalue weighted by molar-refractivity contribution is -0.00289. The maximum Gasteiger partial charge on any atom is 0.267 e. The quantitative estimate of drug-likeness (QED) is 0.247. The molecule has 1 aromatic carbocycles. The fourth-order valence-electron chi connectivity index (χ4n) is 7.57. The molecule has 0 amide bonds. The lowest BCUT2D eigenvalue weighted by Gasteiger charge is -2.37. The SMILES string of the molecule is CCCCCC1CCC(c2ccc(OCC3CCC(C4CCC(CCC)CC4)CC3)c(F)c2C(F)F)CO1. The molecule has 2 saturated carbocycles. The van der Waals surface area contributed by atoms with E-state index in [9.17, 15) is 8.78 Å². The second-order valence-corrected chi connectivity index (χ2v) is 12.6. The maximum absolute atomic E-state index is 15.3. The third-order valence-electron chi connectivity index (χ3n) is 9.96. The van der Waals surface area contributed by atoms with Crippen LogP contribution in [-0.4, -0.2) is 19.3 Å². The standard InChI is InChI=1S/C33H51F3O2/c1-3-5-6-8-28-18-17-27(22-37-28)29-19-20-30(32(34)31(29)33(35)36)38-21-24-11-15-26(16-12-24)25-13-9-23(7-4-2)10-14-25/h19-20,23-28,33H,3-18,21-22H2,1-2H3. The maximum atomic E-state index is 15.3. The molecule has 3 aliphatic rings. The van der Waals surface area contributed by atoms with Crippen molar-refractivity contribution in [2.45, 2.75) is 135 Å². The summed E-state index contributed by atoms with van der Waals surface area (Å²) < 4.78 is 55.3. The summed E-state index contributed by atoms with van der Waals surface area (Å²) in [5.41, 5.74) is -0.0889. The van der Waals surface area contributed by atoms with Gasteiger partial charge in [0.15, 0.2) is 11.6 Å². The van der Waals surface area contributed by atoms with E-state index in [1.165, 1.54) is 64.2 Å². The first-order chi connectivity index (χ1) is 18.5. The number of hydrogen-bond donors (Lipinski definition) is 0. The van der Waals surface area contributed by atoms with Crippen molar-refractivity contribution in [2.75, 3.05) is 13.2 Å². The molecule has 1 aromatic rings. The highest BCUT2D eigenvalue weighted by Crippen LogP contribution is 2.43. The van der Waals surface area contributed by atoms with Crippen molar-refractivity contribution in [1.29, 1.82) is 0 Å². The molecule has 216 valence electrons. The first kappa shape index (κ1) is 29.7. The molecule has 38 heavy (non-hydrogen) atoms. The topological polar surface area (TPSA) is 18.5 Å². The summed E-state index contributed by atoms with van der Waals surface area (Å²) in [6.07, 6.45) is 16.4. The van der Waals surface area contributed by atoms with Crippen molar-refractivity contribution in [3.05, 3.63) is 29.1 Å². The second kappa shape index (κ2) is 15.0. The van der Waals surface area contributed by atoms with E-state index >= 15 is 4.39 Å². The van der Waals surface area contributed by atoms with Crippen molar-refractivity contribution in [3.63, 3.8) is 0 Å². The Labute approximate surface area is 229 Å². The van der Waals surface area contributed by atoms with E-state index in [2.05, 4.69) is 13.8 Å². The highest BCUT2D eigenvalue weighted by molar-refractivity contribution is 5.40. The molecule has 2 unspecified atom stereocenters. The Kier molecular flexibility index (Phi) is 11.7. The van der Waals surface area contributed by atoms with Gasteiger partial charge in [-0.05, 0) is 93.1 Å². The van der Waals surface area contributed by atoms with E-state index < -0.39 is 17.8 Å². The van der Waals surface area contributed by atoms with Crippen LogP contribution in [0.25, 0.3) is 0 Å². The molecule has 0 radical (unpaired) electrons. The summed E-state index contributed by atoms with van der Waals surface area (Å²) in [4.78, 5) is 0. The third-order valence-corrected chi connectivity index (χ3v) is 9.96. The Morgan fingerprint density at radius 1 is 0.816 bits per heavy atom. The summed E-state index contributed by atoms with van der Waals surface area (Å²) in [6, 6.07) is 3.24. The average molecular weight is 537 g/mol. The largest absolute Gasteiger partial charge is 0.490 e. The average Bonchev–Trinajstić information content (AvgIpc) is 2.93. The predicted octanol–water partition coefficient (Wildman–Crippen LogP) is 10.4. The molecule has 0 spiro atoms.